The first kappa shape index (κ1) is 68.8. The van der Waals surface area contributed by atoms with Gasteiger partial charge in [-0.2, -0.15) is 0 Å². The van der Waals surface area contributed by atoms with Crippen LogP contribution in [0.3, 0.4) is 0 Å². The van der Waals surface area contributed by atoms with E-state index in [0.29, 0.717) is 21.0 Å². The molecular weight excluding hydrogens is 897 g/mol. The van der Waals surface area contributed by atoms with E-state index in [9.17, 15) is 9.90 Å². The Morgan fingerprint density at radius 2 is 0.591 bits per heavy atom. The average Bonchev–Trinajstić information content (AvgIpc) is 3.33. The summed E-state index contributed by atoms with van der Waals surface area (Å²) in [4.78, 5) is 14.4. The second kappa shape index (κ2) is 49.3. The molecule has 0 bridgehead atoms. The first-order valence-electron chi connectivity index (χ1n) is 28.4. The molecule has 0 saturated heterocycles. The van der Waals surface area contributed by atoms with Gasteiger partial charge in [0.05, 0.1) is 36.4 Å². The van der Waals surface area contributed by atoms with E-state index in [1.165, 1.54) is 193 Å². The number of rotatable bonds is 50. The van der Waals surface area contributed by atoms with Crippen LogP contribution in [0.15, 0.2) is 0 Å². The Hall–Kier alpha value is 0.710. The van der Waals surface area contributed by atoms with Gasteiger partial charge in [0.15, 0.2) is 4.08 Å². The van der Waals surface area contributed by atoms with E-state index in [-0.39, 0.29) is 4.58 Å². The second-order valence-corrected chi connectivity index (χ2v) is 26.2. The monoisotopic (exact) mass is 1010 g/mol. The summed E-state index contributed by atoms with van der Waals surface area (Å²) in [5, 5.41) is 47.6. The van der Waals surface area contributed by atoms with Gasteiger partial charge in [-0.1, -0.05) is 235 Å². The third-order valence-corrected chi connectivity index (χ3v) is 21.9. The topological polar surface area (TPSA) is 118 Å². The lowest BCUT2D eigenvalue weighted by atomic mass is 9.93. The molecule has 10 heteroatoms. The van der Waals surface area contributed by atoms with Crippen LogP contribution in [0.2, 0.25) is 0 Å². The summed E-state index contributed by atoms with van der Waals surface area (Å²) in [5.74, 6) is -0.532. The SMILES string of the molecule is CCCCCCCCCC(CC)SC(SC(CC)CCCCCCCCC)C(SC(CC)CCCCCCCCC)(SC(CC)CCCCCCCCC)C(=O)O.OCC(CO)(CO)CO. The van der Waals surface area contributed by atoms with Crippen LogP contribution in [0.25, 0.3) is 0 Å². The molecule has 4 unspecified atom stereocenters. The highest BCUT2D eigenvalue weighted by Gasteiger charge is 2.52. The van der Waals surface area contributed by atoms with Crippen LogP contribution in [0.1, 0.15) is 287 Å². The second-order valence-electron chi connectivity index (χ2n) is 19.7. The molecule has 66 heavy (non-hydrogen) atoms. The highest BCUT2D eigenvalue weighted by atomic mass is 32.2. The van der Waals surface area contributed by atoms with E-state index in [1.807, 2.05) is 23.5 Å². The maximum Gasteiger partial charge on any atom is 0.332 e. The lowest BCUT2D eigenvalue weighted by Gasteiger charge is -2.42. The van der Waals surface area contributed by atoms with Gasteiger partial charge in [-0.25, -0.2) is 4.79 Å². The minimum Gasteiger partial charge on any atom is -0.480 e. The van der Waals surface area contributed by atoms with Gasteiger partial charge in [0, 0.05) is 21.0 Å². The van der Waals surface area contributed by atoms with Crippen LogP contribution >= 0.6 is 47.0 Å². The first-order chi connectivity index (χ1) is 32.1. The number of aliphatic hydroxyl groups is 4. The summed E-state index contributed by atoms with van der Waals surface area (Å²) in [6, 6.07) is 0. The maximum atomic E-state index is 14.4. The summed E-state index contributed by atoms with van der Waals surface area (Å²) in [6.45, 7) is 17.0. The zero-order valence-electron chi connectivity index (χ0n) is 44.9. The molecule has 0 radical (unpaired) electrons. The van der Waals surface area contributed by atoms with E-state index in [0.717, 1.165) is 38.5 Å². The molecule has 398 valence electrons. The number of aliphatic hydroxyl groups excluding tert-OH is 4. The number of hydrogen-bond acceptors (Lipinski definition) is 9. The molecule has 5 N–H and O–H groups in total. The van der Waals surface area contributed by atoms with E-state index < -0.39 is 41.9 Å². The Kier molecular flexibility index (Phi) is 51.4. The molecule has 0 saturated carbocycles. The normalized spacial score (nSPS) is 15.2. The summed E-state index contributed by atoms with van der Waals surface area (Å²) < 4.78 is -0.778. The zero-order valence-corrected chi connectivity index (χ0v) is 48.2. The van der Waals surface area contributed by atoms with Crippen molar-refractivity contribution in [1.29, 1.82) is 0 Å². The van der Waals surface area contributed by atoms with Crippen molar-refractivity contribution < 1.29 is 30.3 Å². The van der Waals surface area contributed by atoms with Crippen molar-refractivity contribution >= 4 is 53.0 Å². The van der Waals surface area contributed by atoms with E-state index in [1.54, 1.807) is 0 Å². The molecule has 0 fully saturated rings. The van der Waals surface area contributed by atoms with Crippen LogP contribution in [-0.4, -0.2) is 87.6 Å². The van der Waals surface area contributed by atoms with Crippen molar-refractivity contribution in [2.24, 2.45) is 5.41 Å². The van der Waals surface area contributed by atoms with Gasteiger partial charge in [0.25, 0.3) is 0 Å². The molecule has 0 aromatic rings. The number of carboxylic acids is 1. The molecule has 0 rings (SSSR count). The summed E-state index contributed by atoms with van der Waals surface area (Å²) in [5.41, 5.74) is -1.11. The van der Waals surface area contributed by atoms with Gasteiger partial charge < -0.3 is 25.5 Å². The van der Waals surface area contributed by atoms with Crippen LogP contribution in [0.4, 0.5) is 0 Å². The van der Waals surface area contributed by atoms with Gasteiger partial charge >= 0.3 is 5.97 Å². The van der Waals surface area contributed by atoms with Crippen LogP contribution in [-0.2, 0) is 4.79 Å². The number of unbranched alkanes of at least 4 members (excludes halogenated alkanes) is 24. The third kappa shape index (κ3) is 34.9. The molecule has 0 heterocycles. The zero-order chi connectivity index (χ0) is 49.6. The Balaban J connectivity index is 0. The van der Waals surface area contributed by atoms with Gasteiger partial charge in [0.2, 0.25) is 0 Å². The summed E-state index contributed by atoms with van der Waals surface area (Å²) in [7, 11) is 0. The number of carbonyl (C=O) groups is 1. The molecule has 0 aliphatic rings. The Bertz CT molecular complexity index is 930. The average molecular weight is 1010 g/mol. The van der Waals surface area contributed by atoms with E-state index in [4.69, 9.17) is 20.4 Å². The van der Waals surface area contributed by atoms with Crippen LogP contribution in [0.5, 0.6) is 0 Å². The fraction of sp³-hybridized carbons (Fsp3) is 0.982. The lowest BCUT2D eigenvalue weighted by Crippen LogP contribution is -2.45. The van der Waals surface area contributed by atoms with Crippen LogP contribution in [0, 0.1) is 5.41 Å². The molecular formula is C56H114O6S4. The molecule has 0 aromatic heterocycles. The van der Waals surface area contributed by atoms with Crippen molar-refractivity contribution in [3.63, 3.8) is 0 Å². The maximum absolute atomic E-state index is 14.4. The number of hydrogen-bond donors (Lipinski definition) is 5. The fourth-order valence-electron chi connectivity index (χ4n) is 8.44. The number of carboxylic acid groups (broad SMARTS) is 1. The highest BCUT2D eigenvalue weighted by Crippen LogP contribution is 2.57. The quantitative estimate of drug-likeness (QED) is 0.0298. The largest absolute Gasteiger partial charge is 0.480 e. The third-order valence-electron chi connectivity index (χ3n) is 13.6. The van der Waals surface area contributed by atoms with E-state index in [2.05, 4.69) is 78.9 Å². The predicted molar refractivity (Wildman–Crippen MR) is 302 cm³/mol. The summed E-state index contributed by atoms with van der Waals surface area (Å²) >= 11 is 8.09. The van der Waals surface area contributed by atoms with Gasteiger partial charge in [-0.3, -0.25) is 0 Å². The summed E-state index contributed by atoms with van der Waals surface area (Å²) in [6.07, 6.45) is 46.5. The highest BCUT2D eigenvalue weighted by molar-refractivity contribution is 8.25. The molecule has 0 aromatic carbocycles. The molecule has 6 nitrogen and oxygen atoms in total. The van der Waals surface area contributed by atoms with Crippen molar-refractivity contribution in [3.8, 4) is 0 Å². The molecule has 4 atom stereocenters. The minimum absolute atomic E-state index is 0.0557. The fourth-order valence-corrected chi connectivity index (χ4v) is 16.6. The Morgan fingerprint density at radius 3 is 0.788 bits per heavy atom. The minimum atomic E-state index is -1.11. The predicted octanol–water partition coefficient (Wildman–Crippen LogP) is 17.6. The Labute approximate surface area is 428 Å². The van der Waals surface area contributed by atoms with Gasteiger partial charge in [-0.15, -0.1) is 47.0 Å². The Morgan fingerprint density at radius 1 is 0.364 bits per heavy atom. The van der Waals surface area contributed by atoms with Crippen molar-refractivity contribution in [2.75, 3.05) is 26.4 Å². The van der Waals surface area contributed by atoms with Crippen molar-refractivity contribution in [1.82, 2.24) is 0 Å². The number of thioether (sulfide) groups is 4. The number of aliphatic carboxylic acids is 1. The van der Waals surface area contributed by atoms with Crippen molar-refractivity contribution in [2.45, 2.75) is 316 Å². The van der Waals surface area contributed by atoms with Crippen molar-refractivity contribution in [3.05, 3.63) is 0 Å². The van der Waals surface area contributed by atoms with Gasteiger partial charge in [0.1, 0.15) is 0 Å². The van der Waals surface area contributed by atoms with Gasteiger partial charge in [-0.05, 0) is 51.4 Å². The van der Waals surface area contributed by atoms with E-state index >= 15 is 0 Å². The molecule has 0 amide bonds. The standard InChI is InChI=1S/C51H102O2S4.C5H12O4/c1-9-17-21-25-29-33-37-41-45(13-5)54-50(55-46(14-6)42-38-34-30-26-22-18-10-2)51(49(52)53,56-47(15-7)43-39-35-31-27-23-19-11-3)57-48(16-8)44-40-36-32-28-24-20-12-4;6-1-5(2-7,3-8)4-9/h45-48,50H,9-44H2,1-8H3,(H,52,53);6-9H,1-4H2. The van der Waals surface area contributed by atoms with Crippen LogP contribution < -0.4 is 0 Å². The first-order valence-corrected chi connectivity index (χ1v) is 32.0. The lowest BCUT2D eigenvalue weighted by molar-refractivity contribution is -0.137. The smallest absolute Gasteiger partial charge is 0.332 e. The molecule has 0 aliphatic heterocycles. The molecule has 0 spiro atoms. The molecule has 0 aliphatic carbocycles.